The number of ether oxygens (including phenoxy) is 1. The number of alkyl halides is 1. The van der Waals surface area contributed by atoms with Crippen LogP contribution in [0.25, 0.3) is 10.9 Å². The summed E-state index contributed by atoms with van der Waals surface area (Å²) < 4.78 is 36.1. The van der Waals surface area contributed by atoms with E-state index < -0.39 is 30.1 Å². The predicted octanol–water partition coefficient (Wildman–Crippen LogP) is 5.12. The first kappa shape index (κ1) is 29.9. The minimum atomic E-state index is -1.38. The summed E-state index contributed by atoms with van der Waals surface area (Å²) in [5.74, 6) is -0.950. The smallest absolute Gasteiger partial charge is 0.323 e. The summed E-state index contributed by atoms with van der Waals surface area (Å²) in [4.78, 5) is 41.8. The Kier molecular flexibility index (Phi) is 9.10. The van der Waals surface area contributed by atoms with Gasteiger partial charge in [-0.2, -0.15) is 0 Å². The van der Waals surface area contributed by atoms with Gasteiger partial charge in [-0.3, -0.25) is 14.3 Å². The maximum Gasteiger partial charge on any atom is 0.323 e. The third-order valence-electron chi connectivity index (χ3n) is 8.15. The molecule has 3 aromatic rings. The molecule has 9 nitrogen and oxygen atoms in total. The number of amides is 3. The number of piperidine rings is 1. The van der Waals surface area contributed by atoms with E-state index in [0.717, 1.165) is 36.4 Å². The standard InChI is InChI=1S/C30H34ClF2N5O4/c1-42-21-8-10-36(11-9-21)15-18-12-19(28(33)23(31)13-18)6-7-27(39)26-14-20(32)16-38(26)30(41)35-24-17-37(29(34)40)25-5-3-2-4-22(24)25/h2-5,12-13,17,20-21,26H,6-11,14-16H2,1H3,(H2,34,40)(H,35,41)/t20-,26+/m1/s1. The number of halogens is 3. The lowest BCUT2D eigenvalue weighted by molar-refractivity contribution is -0.122. The molecule has 2 saturated heterocycles. The predicted molar refractivity (Wildman–Crippen MR) is 156 cm³/mol. The van der Waals surface area contributed by atoms with Crippen molar-refractivity contribution in [2.24, 2.45) is 5.73 Å². The molecule has 5 rings (SSSR count). The summed E-state index contributed by atoms with van der Waals surface area (Å²) in [5.41, 5.74) is 7.42. The van der Waals surface area contributed by atoms with Crippen LogP contribution in [0.2, 0.25) is 5.02 Å². The average molecular weight is 602 g/mol. The molecule has 2 fully saturated rings. The van der Waals surface area contributed by atoms with Gasteiger partial charge in [-0.25, -0.2) is 18.4 Å². The molecule has 42 heavy (non-hydrogen) atoms. The third kappa shape index (κ3) is 6.43. The number of fused-ring (bicyclic) bond motifs is 1. The van der Waals surface area contributed by atoms with Gasteiger partial charge >= 0.3 is 12.1 Å². The largest absolute Gasteiger partial charge is 0.381 e. The second kappa shape index (κ2) is 12.8. The van der Waals surface area contributed by atoms with Crippen LogP contribution in [-0.2, 0) is 22.5 Å². The van der Waals surface area contributed by atoms with Crippen LogP contribution in [0.1, 0.15) is 36.8 Å². The Balaban J connectivity index is 1.25. The molecule has 1 aromatic heterocycles. The van der Waals surface area contributed by atoms with Crippen LogP contribution < -0.4 is 11.1 Å². The Bertz CT molecular complexity index is 1490. The fraction of sp³-hybridized carbons (Fsp3) is 0.433. The van der Waals surface area contributed by atoms with Crippen molar-refractivity contribution in [2.75, 3.05) is 32.1 Å². The molecule has 0 spiro atoms. The number of primary amides is 1. The average Bonchev–Trinajstić information content (AvgIpc) is 3.55. The Morgan fingerprint density at radius 3 is 2.62 bits per heavy atom. The number of nitrogens with zero attached hydrogens (tertiary/aromatic N) is 3. The Morgan fingerprint density at radius 1 is 1.17 bits per heavy atom. The molecule has 0 aliphatic carbocycles. The molecule has 2 atom stereocenters. The lowest BCUT2D eigenvalue weighted by Crippen LogP contribution is -2.43. The van der Waals surface area contributed by atoms with E-state index in [9.17, 15) is 23.2 Å². The first-order valence-electron chi connectivity index (χ1n) is 14.0. The molecule has 2 aliphatic rings. The number of likely N-dealkylation sites (tertiary alicyclic amines) is 2. The fourth-order valence-electron chi connectivity index (χ4n) is 5.93. The number of para-hydroxylation sites is 1. The second-order valence-electron chi connectivity index (χ2n) is 10.9. The number of ketones is 1. The number of methoxy groups -OCH3 is 1. The maximum absolute atomic E-state index is 14.9. The van der Waals surface area contributed by atoms with Gasteiger partial charge in [-0.1, -0.05) is 35.9 Å². The lowest BCUT2D eigenvalue weighted by Gasteiger charge is -2.31. The van der Waals surface area contributed by atoms with Gasteiger partial charge in [0.05, 0.1) is 34.9 Å². The Labute approximate surface area is 247 Å². The van der Waals surface area contributed by atoms with Crippen molar-refractivity contribution < 1.29 is 27.9 Å². The van der Waals surface area contributed by atoms with E-state index in [1.54, 1.807) is 43.5 Å². The van der Waals surface area contributed by atoms with Crippen molar-refractivity contribution in [2.45, 2.75) is 57.0 Å². The summed E-state index contributed by atoms with van der Waals surface area (Å²) in [5, 5.41) is 3.26. The summed E-state index contributed by atoms with van der Waals surface area (Å²) in [6.07, 6.45) is 1.93. The van der Waals surface area contributed by atoms with Crippen molar-refractivity contribution in [3.63, 3.8) is 0 Å². The highest BCUT2D eigenvalue weighted by Crippen LogP contribution is 2.29. The van der Waals surface area contributed by atoms with E-state index >= 15 is 0 Å². The number of aromatic nitrogens is 1. The zero-order valence-electron chi connectivity index (χ0n) is 23.3. The lowest BCUT2D eigenvalue weighted by atomic mass is 9.99. The number of benzene rings is 2. The van der Waals surface area contributed by atoms with Crippen LogP contribution in [0.15, 0.2) is 42.6 Å². The van der Waals surface area contributed by atoms with Crippen molar-refractivity contribution in [3.05, 3.63) is 64.6 Å². The van der Waals surface area contributed by atoms with E-state index in [0.29, 0.717) is 28.7 Å². The number of carbonyl (C=O) groups is 3. The van der Waals surface area contributed by atoms with E-state index in [1.165, 1.54) is 10.8 Å². The van der Waals surface area contributed by atoms with E-state index in [4.69, 9.17) is 22.1 Å². The quantitative estimate of drug-likeness (QED) is 0.373. The molecule has 2 aliphatic heterocycles. The highest BCUT2D eigenvalue weighted by Gasteiger charge is 2.39. The van der Waals surface area contributed by atoms with Gasteiger partial charge in [0, 0.05) is 51.2 Å². The highest BCUT2D eigenvalue weighted by atomic mass is 35.5. The van der Waals surface area contributed by atoms with Crippen LogP contribution >= 0.6 is 11.6 Å². The van der Waals surface area contributed by atoms with E-state index in [2.05, 4.69) is 10.2 Å². The first-order valence-corrected chi connectivity index (χ1v) is 14.4. The molecule has 3 heterocycles. The summed E-state index contributed by atoms with van der Waals surface area (Å²) in [7, 11) is 1.71. The molecular formula is C30H34ClF2N5O4. The van der Waals surface area contributed by atoms with Gasteiger partial charge < -0.3 is 20.7 Å². The van der Waals surface area contributed by atoms with Crippen molar-refractivity contribution in [1.29, 1.82) is 0 Å². The van der Waals surface area contributed by atoms with Crippen LogP contribution in [0, 0.1) is 5.82 Å². The van der Waals surface area contributed by atoms with E-state index in [-0.39, 0.29) is 42.7 Å². The summed E-state index contributed by atoms with van der Waals surface area (Å²) in [6, 6.07) is 7.79. The van der Waals surface area contributed by atoms with Crippen LogP contribution in [-0.4, -0.2) is 77.3 Å². The van der Waals surface area contributed by atoms with Gasteiger partial charge in [0.2, 0.25) is 0 Å². The number of carbonyl (C=O) groups excluding carboxylic acids is 3. The third-order valence-corrected chi connectivity index (χ3v) is 8.43. The molecule has 12 heteroatoms. The van der Waals surface area contributed by atoms with E-state index in [1.807, 2.05) is 0 Å². The molecule has 2 aromatic carbocycles. The highest BCUT2D eigenvalue weighted by molar-refractivity contribution is 6.30. The molecule has 0 saturated carbocycles. The van der Waals surface area contributed by atoms with Gasteiger partial charge in [-0.15, -0.1) is 0 Å². The summed E-state index contributed by atoms with van der Waals surface area (Å²) in [6.45, 7) is 2.05. The molecule has 0 radical (unpaired) electrons. The topological polar surface area (TPSA) is 110 Å². The number of hydrogen-bond donors (Lipinski definition) is 2. The van der Waals surface area contributed by atoms with Gasteiger partial charge in [-0.05, 0) is 42.5 Å². The molecule has 224 valence electrons. The molecule has 0 unspecified atom stereocenters. The molecule has 0 bridgehead atoms. The van der Waals surface area contributed by atoms with Crippen molar-refractivity contribution in [1.82, 2.24) is 14.4 Å². The summed E-state index contributed by atoms with van der Waals surface area (Å²) >= 11 is 6.21. The number of nitrogens with one attached hydrogen (secondary N) is 1. The van der Waals surface area contributed by atoms with Crippen molar-refractivity contribution in [3.8, 4) is 0 Å². The number of nitrogens with two attached hydrogens (primary N) is 1. The van der Waals surface area contributed by atoms with Crippen LogP contribution in [0.5, 0.6) is 0 Å². The number of rotatable bonds is 8. The molecule has 3 amide bonds. The number of hydrogen-bond acceptors (Lipinski definition) is 5. The number of urea groups is 1. The number of aryl methyl sites for hydroxylation is 1. The Morgan fingerprint density at radius 2 is 1.90 bits per heavy atom. The zero-order valence-corrected chi connectivity index (χ0v) is 24.1. The normalized spacial score (nSPS) is 19.9. The SMILES string of the molecule is COC1CCN(Cc2cc(Cl)c(F)c(CCC(=O)[C@@H]3C[C@@H](F)CN3C(=O)Nc3cn(C(N)=O)c4ccccc34)c2)CC1. The van der Waals surface area contributed by atoms with Gasteiger partial charge in [0.1, 0.15) is 12.0 Å². The minimum Gasteiger partial charge on any atom is -0.381 e. The fourth-order valence-corrected chi connectivity index (χ4v) is 6.19. The van der Waals surface area contributed by atoms with Crippen LogP contribution in [0.3, 0.4) is 0 Å². The minimum absolute atomic E-state index is 0.0115. The zero-order chi connectivity index (χ0) is 30.0. The maximum atomic E-state index is 14.9. The first-order chi connectivity index (χ1) is 20.1. The van der Waals surface area contributed by atoms with Crippen molar-refractivity contribution >= 4 is 46.0 Å². The van der Waals surface area contributed by atoms with Crippen LogP contribution in [0.4, 0.5) is 24.1 Å². The van der Waals surface area contributed by atoms with Gasteiger partial charge in [0.15, 0.2) is 5.78 Å². The molecule has 3 N–H and O–H groups in total. The number of anilines is 1. The monoisotopic (exact) mass is 601 g/mol. The second-order valence-corrected chi connectivity index (χ2v) is 11.3. The molecular weight excluding hydrogens is 568 g/mol. The van der Waals surface area contributed by atoms with Gasteiger partial charge in [0.25, 0.3) is 0 Å². The Hall–Kier alpha value is -3.54. The number of Topliss-reactive ketones (excluding diaryl/α,β-unsaturated/α-hetero) is 1.